The molecule has 1 fully saturated rings. The summed E-state index contributed by atoms with van der Waals surface area (Å²) in [4.78, 5) is 18.2. The topological polar surface area (TPSA) is 23.6 Å². The minimum absolute atomic E-state index is 0.217. The summed E-state index contributed by atoms with van der Waals surface area (Å²) in [5.41, 5.74) is 7.66. The van der Waals surface area contributed by atoms with Gasteiger partial charge in [0.25, 0.3) is 0 Å². The zero-order valence-electron chi connectivity index (χ0n) is 21.5. The fraction of sp³-hybridized carbons (Fsp3) is 0.242. The van der Waals surface area contributed by atoms with E-state index in [1.807, 2.05) is 0 Å². The van der Waals surface area contributed by atoms with Gasteiger partial charge in [0.2, 0.25) is 0 Å². The van der Waals surface area contributed by atoms with Crippen molar-refractivity contribution in [3.8, 4) is 0 Å². The Balaban J connectivity index is 1.27. The second-order valence-electron chi connectivity index (χ2n) is 9.78. The van der Waals surface area contributed by atoms with E-state index < -0.39 is 14.7 Å². The number of rotatable bonds is 8. The van der Waals surface area contributed by atoms with E-state index in [4.69, 9.17) is 0 Å². The zero-order valence-corrected chi connectivity index (χ0v) is 23.4. The molecule has 1 amide bonds. The SMILES string of the molecule is C[As](CC(=O)N1CCN(C(c2ccccc2)c2ccccc2)CC1)C(c1ccccc1)c1ccccc1. The third-order valence-electron chi connectivity index (χ3n) is 7.32. The van der Waals surface area contributed by atoms with Crippen molar-refractivity contribution in [1.82, 2.24) is 9.80 Å². The molecule has 1 saturated heterocycles. The van der Waals surface area contributed by atoms with Crippen LogP contribution >= 0.6 is 0 Å². The Morgan fingerprint density at radius 1 is 0.622 bits per heavy atom. The van der Waals surface area contributed by atoms with Crippen molar-refractivity contribution in [3.63, 3.8) is 0 Å². The normalized spacial score (nSPS) is 15.2. The zero-order chi connectivity index (χ0) is 25.5. The summed E-state index contributed by atoms with van der Waals surface area (Å²) < 4.78 is 0.348. The molecule has 0 radical (unpaired) electrons. The molecule has 0 N–H and O–H groups in total. The molecule has 1 aliphatic heterocycles. The Labute approximate surface area is 226 Å². The van der Waals surface area contributed by atoms with Gasteiger partial charge >= 0.3 is 227 Å². The van der Waals surface area contributed by atoms with Crippen molar-refractivity contribution in [2.75, 3.05) is 26.2 Å². The second kappa shape index (κ2) is 12.4. The van der Waals surface area contributed by atoms with Gasteiger partial charge in [-0.1, -0.05) is 0 Å². The molecule has 4 heteroatoms. The van der Waals surface area contributed by atoms with Crippen LogP contribution in [0.15, 0.2) is 121 Å². The molecule has 1 aliphatic rings. The molecule has 0 aliphatic carbocycles. The Morgan fingerprint density at radius 3 is 1.41 bits per heavy atom. The predicted octanol–water partition coefficient (Wildman–Crippen LogP) is 6.42. The Kier molecular flexibility index (Phi) is 8.56. The van der Waals surface area contributed by atoms with Gasteiger partial charge in [-0.25, -0.2) is 0 Å². The summed E-state index contributed by atoms with van der Waals surface area (Å²) in [6, 6.07) is 43.2. The van der Waals surface area contributed by atoms with Crippen LogP contribution in [0.2, 0.25) is 10.9 Å². The molecule has 0 aromatic heterocycles. The monoisotopic (exact) mass is 550 g/mol. The molecule has 0 bridgehead atoms. The van der Waals surface area contributed by atoms with Gasteiger partial charge in [0.15, 0.2) is 0 Å². The first-order valence-electron chi connectivity index (χ1n) is 13.1. The maximum absolute atomic E-state index is 13.5. The molecule has 3 nitrogen and oxygen atoms in total. The maximum atomic E-state index is 13.5. The summed E-state index contributed by atoms with van der Waals surface area (Å²) in [6.45, 7) is 3.35. The van der Waals surface area contributed by atoms with E-state index >= 15 is 0 Å². The Hall–Kier alpha value is -3.13. The van der Waals surface area contributed by atoms with E-state index in [1.54, 1.807) is 0 Å². The molecular weight excluding hydrogens is 515 g/mol. The fourth-order valence-corrected chi connectivity index (χ4v) is 10.0. The number of piperazine rings is 1. The van der Waals surface area contributed by atoms with E-state index in [1.165, 1.54) is 22.3 Å². The van der Waals surface area contributed by atoms with Crippen LogP contribution in [0.4, 0.5) is 0 Å². The van der Waals surface area contributed by atoms with Crippen LogP contribution in [0.3, 0.4) is 0 Å². The average molecular weight is 551 g/mol. The molecule has 188 valence electrons. The number of amides is 1. The second-order valence-corrected chi connectivity index (χ2v) is 14.7. The van der Waals surface area contributed by atoms with E-state index in [0.717, 1.165) is 26.2 Å². The van der Waals surface area contributed by atoms with Crippen LogP contribution in [0.25, 0.3) is 0 Å². The van der Waals surface area contributed by atoms with Crippen LogP contribution in [0, 0.1) is 0 Å². The van der Waals surface area contributed by atoms with E-state index in [-0.39, 0.29) is 6.04 Å². The Bertz CT molecular complexity index is 1160. The molecule has 4 aromatic carbocycles. The summed E-state index contributed by atoms with van der Waals surface area (Å²) in [7, 11) is 0. The van der Waals surface area contributed by atoms with Gasteiger partial charge in [0, 0.05) is 0 Å². The molecule has 0 spiro atoms. The molecule has 0 saturated carbocycles. The van der Waals surface area contributed by atoms with Crippen LogP contribution < -0.4 is 0 Å². The molecule has 5 rings (SSSR count). The average Bonchev–Trinajstić information content (AvgIpc) is 2.96. The van der Waals surface area contributed by atoms with Gasteiger partial charge in [-0.3, -0.25) is 0 Å². The van der Waals surface area contributed by atoms with E-state index in [0.29, 0.717) is 15.8 Å². The van der Waals surface area contributed by atoms with E-state index in [9.17, 15) is 4.79 Å². The van der Waals surface area contributed by atoms with Crippen LogP contribution in [-0.4, -0.2) is 56.5 Å². The van der Waals surface area contributed by atoms with Crippen molar-refractivity contribution >= 4 is 20.6 Å². The number of carbonyl (C=O) groups excluding carboxylic acids is 1. The van der Waals surface area contributed by atoms with Crippen molar-refractivity contribution in [1.29, 1.82) is 0 Å². The first kappa shape index (κ1) is 25.5. The summed E-state index contributed by atoms with van der Waals surface area (Å²) in [6.07, 6.45) is 0. The molecule has 1 heterocycles. The standard InChI is InChI=1S/C33H35AsN2O/c1-34(32(27-14-6-2-7-15-27)28-16-8-3-9-17-28)26-31(37)35-22-24-36(25-23-35)33(29-18-10-4-11-19-29)30-20-12-5-13-21-30/h2-21,32-33H,22-26H2,1H3. The molecule has 1 unspecified atom stereocenters. The van der Waals surface area contributed by atoms with Gasteiger partial charge in [-0.2, -0.15) is 0 Å². The van der Waals surface area contributed by atoms with Gasteiger partial charge in [0.05, 0.1) is 0 Å². The van der Waals surface area contributed by atoms with Gasteiger partial charge in [-0.05, 0) is 0 Å². The molecule has 4 aromatic rings. The molecular formula is C33H35AsN2O. The molecule has 1 atom stereocenters. The summed E-state index contributed by atoms with van der Waals surface area (Å²) in [5.74, 6) is 0.329. The van der Waals surface area contributed by atoms with Gasteiger partial charge < -0.3 is 0 Å². The first-order valence-corrected chi connectivity index (χ1v) is 17.4. The fourth-order valence-electron chi connectivity index (χ4n) is 5.49. The first-order chi connectivity index (χ1) is 18.2. The minimum atomic E-state index is -1.52. The van der Waals surface area contributed by atoms with E-state index in [2.05, 4.69) is 137 Å². The predicted molar refractivity (Wildman–Crippen MR) is 154 cm³/mol. The third-order valence-corrected chi connectivity index (χ3v) is 12.0. The van der Waals surface area contributed by atoms with Crippen molar-refractivity contribution in [3.05, 3.63) is 144 Å². The number of benzene rings is 4. The van der Waals surface area contributed by atoms with Gasteiger partial charge in [0.1, 0.15) is 0 Å². The number of hydrogen-bond donors (Lipinski definition) is 0. The van der Waals surface area contributed by atoms with Crippen molar-refractivity contribution in [2.24, 2.45) is 0 Å². The van der Waals surface area contributed by atoms with Crippen LogP contribution in [-0.2, 0) is 4.79 Å². The van der Waals surface area contributed by atoms with Crippen molar-refractivity contribution < 1.29 is 4.79 Å². The van der Waals surface area contributed by atoms with Crippen LogP contribution in [0.1, 0.15) is 33.0 Å². The van der Waals surface area contributed by atoms with Crippen LogP contribution in [0.5, 0.6) is 0 Å². The van der Waals surface area contributed by atoms with Crippen molar-refractivity contribution in [2.45, 2.75) is 21.7 Å². The number of carbonyl (C=O) groups is 1. The summed E-state index contributed by atoms with van der Waals surface area (Å²) >= 11 is -1.52. The summed E-state index contributed by atoms with van der Waals surface area (Å²) in [5, 5.41) is 0.697. The third kappa shape index (κ3) is 6.24. The number of hydrogen-bond acceptors (Lipinski definition) is 2. The van der Waals surface area contributed by atoms with Gasteiger partial charge in [-0.15, -0.1) is 0 Å². The Morgan fingerprint density at radius 2 is 1.00 bits per heavy atom. The molecule has 37 heavy (non-hydrogen) atoms. The quantitative estimate of drug-likeness (QED) is 0.237. The number of nitrogens with zero attached hydrogens (tertiary/aromatic N) is 2.